The van der Waals surface area contributed by atoms with Gasteiger partial charge in [-0.3, -0.25) is 14.9 Å². The average Bonchev–Trinajstić information content (AvgIpc) is 2.32. The summed E-state index contributed by atoms with van der Waals surface area (Å²) in [6.45, 7) is 0.618. The molecule has 1 aromatic rings. The normalized spacial score (nSPS) is 10.6. The van der Waals surface area contributed by atoms with Crippen LogP contribution < -0.4 is 5.56 Å². The van der Waals surface area contributed by atoms with Gasteiger partial charge in [0, 0.05) is 29.9 Å². The quantitative estimate of drug-likeness (QED) is 0.474. The first kappa shape index (κ1) is 14.8. The van der Waals surface area contributed by atoms with Crippen LogP contribution in [-0.4, -0.2) is 21.2 Å². The van der Waals surface area contributed by atoms with Gasteiger partial charge in [0.2, 0.25) is 0 Å². The lowest BCUT2D eigenvalue weighted by molar-refractivity contribution is -0.386. The van der Waals surface area contributed by atoms with E-state index >= 15 is 0 Å². The van der Waals surface area contributed by atoms with Gasteiger partial charge in [0.15, 0.2) is 0 Å². The van der Waals surface area contributed by atoms with Crippen molar-refractivity contribution in [2.45, 2.75) is 32.2 Å². The van der Waals surface area contributed by atoms with Gasteiger partial charge in [0.25, 0.3) is 0 Å². The van der Waals surface area contributed by atoms with E-state index in [0.29, 0.717) is 11.0 Å². The van der Waals surface area contributed by atoms with Crippen molar-refractivity contribution in [1.82, 2.24) is 4.57 Å². The van der Waals surface area contributed by atoms with Gasteiger partial charge in [0.05, 0.1) is 4.92 Å². The molecule has 0 aliphatic carbocycles. The molecule has 18 heavy (non-hydrogen) atoms. The number of aryl methyl sites for hydroxylation is 1. The summed E-state index contributed by atoms with van der Waals surface area (Å²) < 4.78 is 1.87. The second-order valence-electron chi connectivity index (χ2n) is 3.94. The summed E-state index contributed by atoms with van der Waals surface area (Å²) in [6, 6.07) is 1.21. The number of aromatic nitrogens is 1. The molecule has 0 amide bonds. The van der Waals surface area contributed by atoms with E-state index in [2.05, 4.69) is 15.9 Å². The predicted molar refractivity (Wildman–Crippen MR) is 70.6 cm³/mol. The molecule has 0 saturated carbocycles. The number of hydrogen-bond donors (Lipinski definition) is 1. The number of aliphatic hydroxyl groups is 1. The molecule has 7 heteroatoms. The Morgan fingerprint density at radius 1 is 1.33 bits per heavy atom. The zero-order chi connectivity index (χ0) is 13.5. The number of nitrogens with zero attached hydrogens (tertiary/aromatic N) is 2. The SMILES string of the molecule is O=c1c([N+](=O)[O-])cc(Br)cn1CCCCCCO. The molecule has 1 heterocycles. The van der Waals surface area contributed by atoms with Gasteiger partial charge < -0.3 is 9.67 Å². The van der Waals surface area contributed by atoms with Crippen LogP contribution in [0.15, 0.2) is 21.5 Å². The van der Waals surface area contributed by atoms with Crippen LogP contribution in [0.5, 0.6) is 0 Å². The molecule has 1 aromatic heterocycles. The maximum Gasteiger partial charge on any atom is 0.335 e. The average molecular weight is 319 g/mol. The van der Waals surface area contributed by atoms with E-state index in [0.717, 1.165) is 25.7 Å². The van der Waals surface area contributed by atoms with Gasteiger partial charge in [-0.25, -0.2) is 0 Å². The van der Waals surface area contributed by atoms with E-state index in [-0.39, 0.29) is 6.61 Å². The minimum absolute atomic E-state index is 0.169. The van der Waals surface area contributed by atoms with Crippen molar-refractivity contribution in [3.05, 3.63) is 37.2 Å². The van der Waals surface area contributed by atoms with Crippen LogP contribution in [0.4, 0.5) is 5.69 Å². The molecule has 0 unspecified atom stereocenters. The van der Waals surface area contributed by atoms with Crippen molar-refractivity contribution in [2.75, 3.05) is 6.61 Å². The van der Waals surface area contributed by atoms with E-state index in [1.54, 1.807) is 6.20 Å². The van der Waals surface area contributed by atoms with E-state index < -0.39 is 16.2 Å². The molecule has 0 spiro atoms. The van der Waals surface area contributed by atoms with Gasteiger partial charge in [-0.15, -0.1) is 0 Å². The highest BCUT2D eigenvalue weighted by molar-refractivity contribution is 9.10. The summed E-state index contributed by atoms with van der Waals surface area (Å²) in [4.78, 5) is 21.8. The van der Waals surface area contributed by atoms with Gasteiger partial charge in [-0.2, -0.15) is 0 Å². The Morgan fingerprint density at radius 3 is 2.61 bits per heavy atom. The van der Waals surface area contributed by atoms with Crippen molar-refractivity contribution < 1.29 is 10.0 Å². The number of halogens is 1. The van der Waals surface area contributed by atoms with Gasteiger partial charge in [-0.1, -0.05) is 12.8 Å². The number of unbranched alkanes of at least 4 members (excludes halogenated alkanes) is 3. The molecule has 1 rings (SSSR count). The fourth-order valence-electron chi connectivity index (χ4n) is 1.63. The summed E-state index contributed by atoms with van der Waals surface area (Å²) in [6.07, 6.45) is 4.83. The predicted octanol–water partition coefficient (Wildman–Crippen LogP) is 2.07. The largest absolute Gasteiger partial charge is 0.396 e. The number of hydrogen-bond acceptors (Lipinski definition) is 4. The van der Waals surface area contributed by atoms with Crippen LogP contribution in [0.25, 0.3) is 0 Å². The topological polar surface area (TPSA) is 85.4 Å². The van der Waals surface area contributed by atoms with Crippen LogP contribution in [-0.2, 0) is 6.54 Å². The van der Waals surface area contributed by atoms with Crippen molar-refractivity contribution in [3.63, 3.8) is 0 Å². The third-order valence-electron chi connectivity index (χ3n) is 2.54. The maximum absolute atomic E-state index is 11.7. The van der Waals surface area contributed by atoms with Crippen LogP contribution in [0.2, 0.25) is 0 Å². The second kappa shape index (κ2) is 7.27. The molecule has 0 aromatic carbocycles. The minimum Gasteiger partial charge on any atom is -0.396 e. The van der Waals surface area contributed by atoms with Crippen molar-refractivity contribution in [3.8, 4) is 0 Å². The Balaban J connectivity index is 2.71. The van der Waals surface area contributed by atoms with E-state index in [9.17, 15) is 14.9 Å². The molecule has 0 aliphatic rings. The van der Waals surface area contributed by atoms with Crippen LogP contribution in [0.1, 0.15) is 25.7 Å². The van der Waals surface area contributed by atoms with Crippen molar-refractivity contribution in [1.29, 1.82) is 0 Å². The lowest BCUT2D eigenvalue weighted by atomic mass is 10.2. The molecule has 0 radical (unpaired) electrons. The summed E-state index contributed by atoms with van der Waals surface area (Å²) in [7, 11) is 0. The van der Waals surface area contributed by atoms with E-state index in [1.165, 1.54) is 10.6 Å². The first-order valence-corrected chi connectivity index (χ1v) is 6.51. The Kier molecular flexibility index (Phi) is 6.00. The monoisotopic (exact) mass is 318 g/mol. The van der Waals surface area contributed by atoms with Crippen molar-refractivity contribution in [2.24, 2.45) is 0 Å². The zero-order valence-corrected chi connectivity index (χ0v) is 11.4. The lowest BCUT2D eigenvalue weighted by Crippen LogP contribution is -2.22. The first-order chi connectivity index (χ1) is 8.56. The number of nitro groups is 1. The molecular weight excluding hydrogens is 304 g/mol. The molecule has 1 N–H and O–H groups in total. The Bertz CT molecular complexity index is 473. The molecule has 0 aliphatic heterocycles. The number of pyridine rings is 1. The Morgan fingerprint density at radius 2 is 2.00 bits per heavy atom. The zero-order valence-electron chi connectivity index (χ0n) is 9.84. The number of aliphatic hydroxyl groups excluding tert-OH is 1. The molecule has 6 nitrogen and oxygen atoms in total. The maximum atomic E-state index is 11.7. The minimum atomic E-state index is -0.671. The smallest absolute Gasteiger partial charge is 0.335 e. The fraction of sp³-hybridized carbons (Fsp3) is 0.545. The number of rotatable bonds is 7. The molecule has 0 fully saturated rings. The molecule has 100 valence electrons. The van der Waals surface area contributed by atoms with Crippen LogP contribution in [0.3, 0.4) is 0 Å². The van der Waals surface area contributed by atoms with Crippen LogP contribution in [0, 0.1) is 10.1 Å². The Labute approximate surface area is 113 Å². The third-order valence-corrected chi connectivity index (χ3v) is 2.97. The highest BCUT2D eigenvalue weighted by atomic mass is 79.9. The summed E-state index contributed by atoms with van der Waals surface area (Å²) in [5.74, 6) is 0. The molecule has 0 saturated heterocycles. The van der Waals surface area contributed by atoms with Gasteiger partial charge in [-0.05, 0) is 28.8 Å². The molecule has 0 bridgehead atoms. The highest BCUT2D eigenvalue weighted by Crippen LogP contribution is 2.14. The van der Waals surface area contributed by atoms with Crippen LogP contribution >= 0.6 is 15.9 Å². The van der Waals surface area contributed by atoms with E-state index in [1.807, 2.05) is 0 Å². The second-order valence-corrected chi connectivity index (χ2v) is 4.85. The first-order valence-electron chi connectivity index (χ1n) is 5.71. The van der Waals surface area contributed by atoms with E-state index in [4.69, 9.17) is 5.11 Å². The Hall–Kier alpha value is -1.21. The molecule has 0 atom stereocenters. The fourth-order valence-corrected chi connectivity index (χ4v) is 2.09. The van der Waals surface area contributed by atoms with Gasteiger partial charge in [0.1, 0.15) is 0 Å². The van der Waals surface area contributed by atoms with Crippen molar-refractivity contribution >= 4 is 21.6 Å². The standard InChI is InChI=1S/C11H15BrN2O4/c12-9-7-10(14(17)18)11(16)13(8-9)5-3-1-2-4-6-15/h7-8,15H,1-6H2. The summed E-state index contributed by atoms with van der Waals surface area (Å²) >= 11 is 3.15. The summed E-state index contributed by atoms with van der Waals surface area (Å²) in [5, 5.41) is 19.3. The summed E-state index contributed by atoms with van der Waals surface area (Å²) in [5.41, 5.74) is -0.995. The third kappa shape index (κ3) is 4.23. The molecular formula is C11H15BrN2O4. The highest BCUT2D eigenvalue weighted by Gasteiger charge is 2.15. The lowest BCUT2D eigenvalue weighted by Gasteiger charge is -2.06. The van der Waals surface area contributed by atoms with Gasteiger partial charge >= 0.3 is 11.2 Å².